The smallest absolute Gasteiger partial charge is 0.253 e. The van der Waals surface area contributed by atoms with E-state index in [1.54, 1.807) is 23.9 Å². The van der Waals surface area contributed by atoms with Gasteiger partial charge in [-0.25, -0.2) is 0 Å². The number of thioether (sulfide) groups is 1. The van der Waals surface area contributed by atoms with Crippen LogP contribution in [0.3, 0.4) is 0 Å². The highest BCUT2D eigenvalue weighted by Crippen LogP contribution is 2.28. The summed E-state index contributed by atoms with van der Waals surface area (Å²) in [5, 5.41) is 6.23. The van der Waals surface area contributed by atoms with Gasteiger partial charge in [0.25, 0.3) is 5.91 Å². The Morgan fingerprint density at radius 2 is 2.25 bits per heavy atom. The van der Waals surface area contributed by atoms with E-state index in [0.29, 0.717) is 17.1 Å². The minimum atomic E-state index is -0.0165. The number of carbonyl (C=O) groups is 1. The summed E-state index contributed by atoms with van der Waals surface area (Å²) in [6.45, 7) is 0. The van der Waals surface area contributed by atoms with E-state index in [-0.39, 0.29) is 5.91 Å². The van der Waals surface area contributed by atoms with Gasteiger partial charge in [0.1, 0.15) is 0 Å². The highest BCUT2D eigenvalue weighted by molar-refractivity contribution is 7.99. The van der Waals surface area contributed by atoms with Crippen LogP contribution in [0.5, 0.6) is 0 Å². The third-order valence-corrected chi connectivity index (χ3v) is 3.17. The van der Waals surface area contributed by atoms with Gasteiger partial charge in [0, 0.05) is 5.75 Å². The Balaban J connectivity index is 2.28. The van der Waals surface area contributed by atoms with Gasteiger partial charge in [-0.15, -0.1) is 0 Å². The molecule has 0 saturated heterocycles. The Bertz CT molecular complexity index is 447. The van der Waals surface area contributed by atoms with Crippen LogP contribution in [0.4, 0.5) is 5.69 Å². The molecule has 0 fully saturated rings. The monoisotopic (exact) mass is 254 g/mol. The van der Waals surface area contributed by atoms with Gasteiger partial charge in [-0.2, -0.15) is 21.9 Å². The summed E-state index contributed by atoms with van der Waals surface area (Å²) in [5.74, 6) is 0.768. The first-order valence-corrected chi connectivity index (χ1v) is 6.62. The number of carbonyl (C=O) groups excluding carboxylic acids is 1. The molecule has 0 bridgehead atoms. The summed E-state index contributed by atoms with van der Waals surface area (Å²) in [4.78, 5) is 11.8. The second-order valence-corrected chi connectivity index (χ2v) is 4.71. The zero-order valence-electron chi connectivity index (χ0n) is 8.81. The molecule has 1 aliphatic heterocycles. The molecule has 0 aliphatic carbocycles. The summed E-state index contributed by atoms with van der Waals surface area (Å²) < 4.78 is 0. The van der Waals surface area contributed by atoms with Gasteiger partial charge in [0.05, 0.1) is 22.8 Å². The van der Waals surface area contributed by atoms with Crippen LogP contribution in [-0.2, 0) is 4.79 Å². The predicted molar refractivity (Wildman–Crippen MR) is 69.4 cm³/mol. The van der Waals surface area contributed by atoms with Crippen LogP contribution in [0.15, 0.2) is 29.4 Å². The van der Waals surface area contributed by atoms with Crippen molar-refractivity contribution in [1.29, 1.82) is 0 Å². The molecule has 1 aromatic rings. The maximum absolute atomic E-state index is 11.8. The number of para-hydroxylation sites is 1. The molecule has 1 aliphatic rings. The van der Waals surface area contributed by atoms with Crippen molar-refractivity contribution in [3.63, 3.8) is 0 Å². The van der Waals surface area contributed by atoms with Crippen molar-refractivity contribution in [2.75, 3.05) is 17.0 Å². The number of anilines is 1. The SMILES string of the molecule is CSCC1=NN(c2ccccc2Cl)C(=O)C1. The van der Waals surface area contributed by atoms with E-state index in [0.717, 1.165) is 11.5 Å². The summed E-state index contributed by atoms with van der Waals surface area (Å²) >= 11 is 7.69. The number of halogens is 1. The number of amides is 1. The topological polar surface area (TPSA) is 32.7 Å². The molecule has 2 rings (SSSR count). The second-order valence-electron chi connectivity index (χ2n) is 3.43. The van der Waals surface area contributed by atoms with Crippen molar-refractivity contribution in [2.45, 2.75) is 6.42 Å². The van der Waals surface area contributed by atoms with E-state index >= 15 is 0 Å². The number of nitrogens with zero attached hydrogens (tertiary/aromatic N) is 2. The molecule has 1 heterocycles. The molecule has 0 aromatic heterocycles. The average molecular weight is 255 g/mol. The molecule has 84 valence electrons. The first-order valence-electron chi connectivity index (χ1n) is 4.85. The number of hydrazone groups is 1. The largest absolute Gasteiger partial charge is 0.272 e. The highest BCUT2D eigenvalue weighted by atomic mass is 35.5. The number of benzene rings is 1. The first-order chi connectivity index (χ1) is 7.72. The summed E-state index contributed by atoms with van der Waals surface area (Å²) in [5.41, 5.74) is 1.56. The van der Waals surface area contributed by atoms with Crippen molar-refractivity contribution in [3.05, 3.63) is 29.3 Å². The van der Waals surface area contributed by atoms with E-state index < -0.39 is 0 Å². The minimum absolute atomic E-state index is 0.0165. The maximum Gasteiger partial charge on any atom is 0.253 e. The normalized spacial score (nSPS) is 15.5. The van der Waals surface area contributed by atoms with E-state index in [1.165, 1.54) is 5.01 Å². The van der Waals surface area contributed by atoms with E-state index in [1.807, 2.05) is 18.4 Å². The molecule has 0 saturated carbocycles. The maximum atomic E-state index is 11.8. The Morgan fingerprint density at radius 1 is 1.50 bits per heavy atom. The fourth-order valence-corrected chi connectivity index (χ4v) is 2.25. The lowest BCUT2D eigenvalue weighted by atomic mass is 10.3. The molecule has 5 heteroatoms. The minimum Gasteiger partial charge on any atom is -0.272 e. The number of rotatable bonds is 3. The standard InChI is InChI=1S/C11H11ClN2OS/c1-16-7-8-6-11(15)14(13-8)10-5-3-2-4-9(10)12/h2-5H,6-7H2,1H3. The Kier molecular flexibility index (Phi) is 3.51. The Hall–Kier alpha value is -1.00. The number of hydrogen-bond acceptors (Lipinski definition) is 3. The van der Waals surface area contributed by atoms with Crippen LogP contribution in [0, 0.1) is 0 Å². The Morgan fingerprint density at radius 3 is 2.94 bits per heavy atom. The molecule has 0 unspecified atom stereocenters. The van der Waals surface area contributed by atoms with Gasteiger partial charge < -0.3 is 0 Å². The van der Waals surface area contributed by atoms with Crippen LogP contribution in [0.1, 0.15) is 6.42 Å². The van der Waals surface area contributed by atoms with E-state index in [4.69, 9.17) is 11.6 Å². The van der Waals surface area contributed by atoms with Gasteiger partial charge in [0.2, 0.25) is 0 Å². The summed E-state index contributed by atoms with van der Waals surface area (Å²) in [6.07, 6.45) is 2.39. The van der Waals surface area contributed by atoms with Crippen molar-refractivity contribution in [1.82, 2.24) is 0 Å². The zero-order chi connectivity index (χ0) is 11.5. The van der Waals surface area contributed by atoms with Crippen LogP contribution in [0.2, 0.25) is 5.02 Å². The van der Waals surface area contributed by atoms with Gasteiger partial charge in [-0.1, -0.05) is 23.7 Å². The van der Waals surface area contributed by atoms with Gasteiger partial charge in [-0.3, -0.25) is 4.79 Å². The van der Waals surface area contributed by atoms with Crippen LogP contribution in [-0.4, -0.2) is 23.6 Å². The van der Waals surface area contributed by atoms with Crippen molar-refractivity contribution in [2.24, 2.45) is 5.10 Å². The fraction of sp³-hybridized carbons (Fsp3) is 0.273. The van der Waals surface area contributed by atoms with Crippen molar-refractivity contribution < 1.29 is 4.79 Å². The first kappa shape index (κ1) is 11.5. The molecule has 0 atom stereocenters. The van der Waals surface area contributed by atoms with Crippen LogP contribution in [0.25, 0.3) is 0 Å². The highest BCUT2D eigenvalue weighted by Gasteiger charge is 2.25. The fourth-order valence-electron chi connectivity index (χ4n) is 1.54. The molecule has 0 spiro atoms. The van der Waals surface area contributed by atoms with E-state index in [9.17, 15) is 4.79 Å². The quantitative estimate of drug-likeness (QED) is 0.831. The summed E-state index contributed by atoms with van der Waals surface area (Å²) in [7, 11) is 0. The molecular weight excluding hydrogens is 244 g/mol. The zero-order valence-corrected chi connectivity index (χ0v) is 10.4. The second kappa shape index (κ2) is 4.89. The lowest BCUT2D eigenvalue weighted by Crippen LogP contribution is -2.19. The number of hydrogen-bond donors (Lipinski definition) is 0. The van der Waals surface area contributed by atoms with Gasteiger partial charge in [0.15, 0.2) is 0 Å². The molecule has 0 N–H and O–H groups in total. The molecule has 0 radical (unpaired) electrons. The third kappa shape index (κ3) is 2.23. The van der Waals surface area contributed by atoms with Gasteiger partial charge in [-0.05, 0) is 18.4 Å². The molecule has 16 heavy (non-hydrogen) atoms. The van der Waals surface area contributed by atoms with Crippen LogP contribution >= 0.6 is 23.4 Å². The van der Waals surface area contributed by atoms with Crippen LogP contribution < -0.4 is 5.01 Å². The third-order valence-electron chi connectivity index (χ3n) is 2.22. The molecule has 1 aromatic carbocycles. The van der Waals surface area contributed by atoms with E-state index in [2.05, 4.69) is 5.10 Å². The summed E-state index contributed by atoms with van der Waals surface area (Å²) in [6, 6.07) is 7.23. The lowest BCUT2D eigenvalue weighted by molar-refractivity contribution is -0.116. The average Bonchev–Trinajstić information content (AvgIpc) is 2.61. The van der Waals surface area contributed by atoms with Gasteiger partial charge >= 0.3 is 0 Å². The van der Waals surface area contributed by atoms with Crippen molar-refractivity contribution >= 4 is 40.7 Å². The molecule has 3 nitrogen and oxygen atoms in total. The lowest BCUT2D eigenvalue weighted by Gasteiger charge is -2.12. The molecular formula is C11H11ClN2OS. The Labute approximate surface area is 103 Å². The predicted octanol–water partition coefficient (Wildman–Crippen LogP) is 2.80. The molecule has 1 amide bonds. The van der Waals surface area contributed by atoms with Crippen molar-refractivity contribution in [3.8, 4) is 0 Å².